The van der Waals surface area contributed by atoms with Gasteiger partial charge in [0, 0.05) is 19.6 Å². The molecule has 0 aromatic carbocycles. The Kier molecular flexibility index (Phi) is 6.91. The molecule has 1 fully saturated rings. The van der Waals surface area contributed by atoms with Crippen LogP contribution >= 0.6 is 0 Å². The van der Waals surface area contributed by atoms with Gasteiger partial charge < -0.3 is 15.1 Å². The van der Waals surface area contributed by atoms with E-state index in [9.17, 15) is 4.79 Å². The van der Waals surface area contributed by atoms with Crippen LogP contribution in [0.3, 0.4) is 0 Å². The molecule has 1 aliphatic carbocycles. The van der Waals surface area contributed by atoms with Crippen LogP contribution in [0.25, 0.3) is 0 Å². The zero-order valence-electron chi connectivity index (χ0n) is 17.2. The summed E-state index contributed by atoms with van der Waals surface area (Å²) in [5.41, 5.74) is 0.893. The van der Waals surface area contributed by atoms with E-state index >= 15 is 0 Å². The van der Waals surface area contributed by atoms with E-state index < -0.39 is 0 Å². The smallest absolute Gasteiger partial charge is 0.249 e. The maximum absolute atomic E-state index is 13.4. The largest absolute Gasteiger partial charge is 0.356 e. The molecular formula is C21H35N5O. The summed E-state index contributed by atoms with van der Waals surface area (Å²) in [6.07, 6.45) is 11.0. The molecule has 1 aromatic rings. The van der Waals surface area contributed by atoms with Gasteiger partial charge in [-0.05, 0) is 39.0 Å². The van der Waals surface area contributed by atoms with Gasteiger partial charge >= 0.3 is 0 Å². The number of hydrogen-bond acceptors (Lipinski definition) is 5. The summed E-state index contributed by atoms with van der Waals surface area (Å²) in [6, 6.07) is -0.166. The molecule has 3 rings (SSSR count). The maximum Gasteiger partial charge on any atom is 0.249 e. The Hall–Kier alpha value is -1.85. The van der Waals surface area contributed by atoms with E-state index in [0.717, 1.165) is 56.2 Å². The molecule has 0 unspecified atom stereocenters. The van der Waals surface area contributed by atoms with E-state index in [1.807, 2.05) is 4.90 Å². The molecule has 1 atom stereocenters. The van der Waals surface area contributed by atoms with E-state index in [4.69, 9.17) is 0 Å². The predicted octanol–water partition coefficient (Wildman–Crippen LogP) is 4.22. The second-order valence-electron chi connectivity index (χ2n) is 7.86. The minimum absolute atomic E-state index is 0.166. The summed E-state index contributed by atoms with van der Waals surface area (Å²) in [6.45, 7) is 8.96. The number of carbonyl (C=O) groups excluding carboxylic acids is 1. The quantitative estimate of drug-likeness (QED) is 0.739. The number of amides is 1. The van der Waals surface area contributed by atoms with Crippen LogP contribution in [-0.4, -0.2) is 41.6 Å². The summed E-state index contributed by atoms with van der Waals surface area (Å²) in [7, 11) is 0. The van der Waals surface area contributed by atoms with Gasteiger partial charge in [0.25, 0.3) is 0 Å². The number of fused-ring (bicyclic) bond motifs is 1. The fraction of sp³-hybridized carbons (Fsp3) is 0.762. The lowest BCUT2D eigenvalue weighted by Crippen LogP contribution is -2.50. The van der Waals surface area contributed by atoms with Crippen molar-refractivity contribution < 1.29 is 4.79 Å². The second kappa shape index (κ2) is 9.38. The third-order valence-corrected chi connectivity index (χ3v) is 6.02. The maximum atomic E-state index is 13.4. The molecule has 27 heavy (non-hydrogen) atoms. The predicted molar refractivity (Wildman–Crippen MR) is 111 cm³/mol. The molecule has 1 aliphatic heterocycles. The lowest BCUT2D eigenvalue weighted by Gasteiger charge is -2.39. The summed E-state index contributed by atoms with van der Waals surface area (Å²) in [4.78, 5) is 26.8. The van der Waals surface area contributed by atoms with E-state index in [0.29, 0.717) is 5.92 Å². The van der Waals surface area contributed by atoms with Gasteiger partial charge in [0.05, 0.1) is 0 Å². The van der Waals surface area contributed by atoms with Gasteiger partial charge in [0.15, 0.2) is 11.6 Å². The molecule has 1 aromatic heterocycles. The van der Waals surface area contributed by atoms with Crippen molar-refractivity contribution in [2.24, 2.45) is 5.92 Å². The van der Waals surface area contributed by atoms with Crippen molar-refractivity contribution >= 4 is 23.2 Å². The highest BCUT2D eigenvalue weighted by molar-refractivity contribution is 6.07. The van der Waals surface area contributed by atoms with Crippen LogP contribution in [0, 0.1) is 5.92 Å². The molecule has 6 heteroatoms. The number of nitrogens with one attached hydrogen (secondary N) is 1. The van der Waals surface area contributed by atoms with Crippen LogP contribution in [-0.2, 0) is 4.79 Å². The highest BCUT2D eigenvalue weighted by atomic mass is 16.2. The number of anilines is 3. The van der Waals surface area contributed by atoms with Crippen molar-refractivity contribution in [2.75, 3.05) is 34.8 Å². The Morgan fingerprint density at radius 2 is 1.89 bits per heavy atom. The van der Waals surface area contributed by atoms with Crippen molar-refractivity contribution in [3.05, 3.63) is 6.33 Å². The van der Waals surface area contributed by atoms with Crippen LogP contribution < -0.4 is 15.1 Å². The Labute approximate surface area is 163 Å². The van der Waals surface area contributed by atoms with Gasteiger partial charge in [-0.1, -0.05) is 39.0 Å². The number of carbonyl (C=O) groups is 1. The number of hydrogen-bond donors (Lipinski definition) is 1. The molecule has 6 nitrogen and oxygen atoms in total. The van der Waals surface area contributed by atoms with E-state index in [2.05, 4.69) is 41.0 Å². The summed E-state index contributed by atoms with van der Waals surface area (Å²) < 4.78 is 0. The molecule has 1 amide bonds. The van der Waals surface area contributed by atoms with Crippen molar-refractivity contribution in [3.8, 4) is 0 Å². The highest BCUT2D eigenvalue weighted by Crippen LogP contribution is 2.39. The SMILES string of the molecule is CCCC[C@@H]1Nc2ncnc(N(CC)CC)c2N(CC2CCCCC2)C1=O. The third kappa shape index (κ3) is 4.36. The average molecular weight is 374 g/mol. The molecule has 150 valence electrons. The van der Waals surface area contributed by atoms with Gasteiger partial charge in [-0.3, -0.25) is 4.79 Å². The zero-order valence-corrected chi connectivity index (χ0v) is 17.2. The van der Waals surface area contributed by atoms with Crippen LogP contribution in [0.4, 0.5) is 17.3 Å². The molecule has 1 N–H and O–H groups in total. The molecule has 1 saturated carbocycles. The van der Waals surface area contributed by atoms with Gasteiger partial charge in [-0.25, -0.2) is 9.97 Å². The highest BCUT2D eigenvalue weighted by Gasteiger charge is 2.37. The molecule has 2 aliphatic rings. The van der Waals surface area contributed by atoms with Crippen molar-refractivity contribution in [2.45, 2.75) is 78.2 Å². The van der Waals surface area contributed by atoms with Gasteiger partial charge in [-0.2, -0.15) is 0 Å². The van der Waals surface area contributed by atoms with Gasteiger partial charge in [0.1, 0.15) is 18.1 Å². The van der Waals surface area contributed by atoms with Crippen molar-refractivity contribution in [3.63, 3.8) is 0 Å². The standard InChI is InChI=1S/C21H35N5O/c1-4-7-13-17-21(27)26(14-16-11-9-8-10-12-16)18-19(24-17)22-15-23-20(18)25(5-2)6-3/h15-17H,4-14H2,1-3H3,(H,22,23,24)/t17-/m0/s1. The summed E-state index contributed by atoms with van der Waals surface area (Å²) >= 11 is 0. The fourth-order valence-corrected chi connectivity index (χ4v) is 4.42. The number of aromatic nitrogens is 2. The first-order valence-corrected chi connectivity index (χ1v) is 10.9. The Balaban J connectivity index is 1.96. The van der Waals surface area contributed by atoms with Crippen LogP contribution in [0.1, 0.15) is 72.1 Å². The lowest BCUT2D eigenvalue weighted by atomic mass is 9.88. The third-order valence-electron chi connectivity index (χ3n) is 6.02. The topological polar surface area (TPSA) is 61.4 Å². The van der Waals surface area contributed by atoms with Crippen LogP contribution in [0.2, 0.25) is 0 Å². The Bertz CT molecular complexity index is 625. The number of rotatable bonds is 8. The van der Waals surface area contributed by atoms with E-state index in [1.54, 1.807) is 6.33 Å². The number of nitrogens with zero attached hydrogens (tertiary/aromatic N) is 4. The normalized spacial score (nSPS) is 20.3. The van der Waals surface area contributed by atoms with Crippen LogP contribution in [0.5, 0.6) is 0 Å². The van der Waals surface area contributed by atoms with Crippen LogP contribution in [0.15, 0.2) is 6.33 Å². The van der Waals surface area contributed by atoms with Crippen molar-refractivity contribution in [1.82, 2.24) is 9.97 Å². The first kappa shape index (κ1) is 19.9. The molecular weight excluding hydrogens is 338 g/mol. The van der Waals surface area contributed by atoms with E-state index in [1.165, 1.54) is 32.1 Å². The van der Waals surface area contributed by atoms with Gasteiger partial charge in [-0.15, -0.1) is 0 Å². The lowest BCUT2D eigenvalue weighted by molar-refractivity contribution is -0.119. The monoisotopic (exact) mass is 373 g/mol. The number of unbranched alkanes of at least 4 members (excludes halogenated alkanes) is 1. The minimum Gasteiger partial charge on any atom is -0.356 e. The Morgan fingerprint density at radius 3 is 2.56 bits per heavy atom. The first-order chi connectivity index (χ1) is 13.2. The first-order valence-electron chi connectivity index (χ1n) is 10.9. The van der Waals surface area contributed by atoms with Gasteiger partial charge in [0.2, 0.25) is 5.91 Å². The fourth-order valence-electron chi connectivity index (χ4n) is 4.42. The summed E-state index contributed by atoms with van der Waals surface area (Å²) in [5, 5.41) is 3.42. The second-order valence-corrected chi connectivity index (χ2v) is 7.86. The molecule has 2 heterocycles. The summed E-state index contributed by atoms with van der Waals surface area (Å²) in [5.74, 6) is 2.49. The molecule has 0 bridgehead atoms. The average Bonchev–Trinajstić information content (AvgIpc) is 2.70. The van der Waals surface area contributed by atoms with Crippen molar-refractivity contribution in [1.29, 1.82) is 0 Å². The minimum atomic E-state index is -0.166. The Morgan fingerprint density at radius 1 is 1.15 bits per heavy atom. The molecule has 0 radical (unpaired) electrons. The molecule has 0 saturated heterocycles. The van der Waals surface area contributed by atoms with E-state index in [-0.39, 0.29) is 11.9 Å². The zero-order chi connectivity index (χ0) is 19.2. The molecule has 0 spiro atoms.